The van der Waals surface area contributed by atoms with E-state index in [2.05, 4.69) is 43.4 Å². The fourth-order valence-corrected chi connectivity index (χ4v) is 6.48. The molecular weight excluding hydrogens is 624 g/mol. The van der Waals surface area contributed by atoms with Crippen LogP contribution in [0.4, 0.5) is 0 Å². The number of methoxy groups -OCH3 is 1. The van der Waals surface area contributed by atoms with Gasteiger partial charge in [-0.25, -0.2) is 9.79 Å². The van der Waals surface area contributed by atoms with Crippen LogP contribution in [0.25, 0.3) is 6.08 Å². The van der Waals surface area contributed by atoms with E-state index in [0.717, 1.165) is 20.1 Å². The Morgan fingerprint density at radius 2 is 1.89 bits per heavy atom. The van der Waals surface area contributed by atoms with Gasteiger partial charge in [0.2, 0.25) is 0 Å². The number of nitrogens with zero attached hydrogens (tertiary/aromatic N) is 2. The van der Waals surface area contributed by atoms with Crippen molar-refractivity contribution in [2.75, 3.05) is 20.3 Å². The van der Waals surface area contributed by atoms with Gasteiger partial charge >= 0.3 is 5.97 Å². The molecule has 1 aromatic heterocycles. The Labute approximate surface area is 234 Å². The monoisotopic (exact) mass is 646 g/mol. The SMILES string of the molecule is C=CCOc1c(Br)cc(/C=c2\sc3n(c2=O)[C@H](c2ccc(OC)cc2)C(C(=O)OCC)=C(C)N=3)cc1Br. The molecule has 2 aromatic carbocycles. The van der Waals surface area contributed by atoms with Crippen LogP contribution >= 0.6 is 43.2 Å². The van der Waals surface area contributed by atoms with Crippen molar-refractivity contribution in [2.45, 2.75) is 19.9 Å². The lowest BCUT2D eigenvalue weighted by Crippen LogP contribution is -2.39. The Morgan fingerprint density at radius 1 is 1.22 bits per heavy atom. The molecule has 0 saturated carbocycles. The average molecular weight is 648 g/mol. The Hall–Kier alpha value is -2.95. The number of thiazole rings is 1. The number of carbonyl (C=O) groups excluding carboxylic acids is 1. The number of benzene rings is 2. The van der Waals surface area contributed by atoms with Crippen LogP contribution in [-0.2, 0) is 9.53 Å². The van der Waals surface area contributed by atoms with Gasteiger partial charge in [-0.15, -0.1) is 0 Å². The maximum Gasteiger partial charge on any atom is 0.338 e. The number of allylic oxidation sites excluding steroid dienone is 1. The van der Waals surface area contributed by atoms with E-state index in [1.165, 1.54) is 11.3 Å². The van der Waals surface area contributed by atoms with Gasteiger partial charge in [0.05, 0.1) is 44.5 Å². The fourth-order valence-electron chi connectivity index (χ4n) is 3.99. The number of aromatic nitrogens is 1. The Bertz CT molecular complexity index is 1550. The third kappa shape index (κ3) is 5.51. The highest BCUT2D eigenvalue weighted by Gasteiger charge is 2.33. The molecule has 0 radical (unpaired) electrons. The molecule has 0 bridgehead atoms. The summed E-state index contributed by atoms with van der Waals surface area (Å²) in [7, 11) is 1.58. The van der Waals surface area contributed by atoms with Gasteiger partial charge in [0.1, 0.15) is 18.1 Å². The summed E-state index contributed by atoms with van der Waals surface area (Å²) in [4.78, 5) is 31.9. The molecule has 10 heteroatoms. The van der Waals surface area contributed by atoms with E-state index in [9.17, 15) is 9.59 Å². The highest BCUT2D eigenvalue weighted by atomic mass is 79.9. The minimum absolute atomic E-state index is 0.214. The smallest absolute Gasteiger partial charge is 0.338 e. The van der Waals surface area contributed by atoms with Crippen molar-refractivity contribution in [3.63, 3.8) is 0 Å². The van der Waals surface area contributed by atoms with Gasteiger partial charge in [-0.1, -0.05) is 36.1 Å². The topological polar surface area (TPSA) is 79.1 Å². The second-order valence-corrected chi connectivity index (χ2v) is 10.7. The zero-order valence-electron chi connectivity index (χ0n) is 20.4. The van der Waals surface area contributed by atoms with Crippen LogP contribution in [0, 0.1) is 0 Å². The lowest BCUT2D eigenvalue weighted by atomic mass is 9.96. The average Bonchev–Trinajstić information content (AvgIpc) is 3.17. The van der Waals surface area contributed by atoms with Crippen molar-refractivity contribution in [3.8, 4) is 11.5 Å². The van der Waals surface area contributed by atoms with Crippen molar-refractivity contribution in [1.29, 1.82) is 0 Å². The molecule has 1 aliphatic rings. The summed E-state index contributed by atoms with van der Waals surface area (Å²) in [5, 5.41) is 0. The first-order valence-electron chi connectivity index (χ1n) is 11.3. The molecule has 0 saturated heterocycles. The maximum absolute atomic E-state index is 13.8. The predicted molar refractivity (Wildman–Crippen MR) is 151 cm³/mol. The van der Waals surface area contributed by atoms with E-state index in [-0.39, 0.29) is 12.2 Å². The lowest BCUT2D eigenvalue weighted by molar-refractivity contribution is -0.139. The highest BCUT2D eigenvalue weighted by molar-refractivity contribution is 9.11. The zero-order chi connectivity index (χ0) is 26.7. The first-order valence-corrected chi connectivity index (χ1v) is 13.8. The van der Waals surface area contributed by atoms with Gasteiger partial charge in [0.15, 0.2) is 4.80 Å². The molecule has 4 rings (SSSR count). The number of halogens is 2. The molecular formula is C27H24Br2N2O5S. The molecule has 37 heavy (non-hydrogen) atoms. The van der Waals surface area contributed by atoms with Gasteiger partial charge in [-0.05, 0) is 87.2 Å². The van der Waals surface area contributed by atoms with Crippen LogP contribution < -0.4 is 24.4 Å². The van der Waals surface area contributed by atoms with E-state index in [4.69, 9.17) is 14.2 Å². The molecule has 0 N–H and O–H groups in total. The number of rotatable bonds is 8. The molecule has 0 fully saturated rings. The third-order valence-electron chi connectivity index (χ3n) is 5.61. The van der Waals surface area contributed by atoms with Gasteiger partial charge in [0.25, 0.3) is 5.56 Å². The molecule has 3 aromatic rings. The molecule has 0 amide bonds. The predicted octanol–water partition coefficient (Wildman–Crippen LogP) is 4.90. The molecule has 0 aliphatic carbocycles. The fraction of sp³-hybridized carbons (Fsp3) is 0.222. The second kappa shape index (κ2) is 11.6. The van der Waals surface area contributed by atoms with Crippen molar-refractivity contribution in [2.24, 2.45) is 4.99 Å². The zero-order valence-corrected chi connectivity index (χ0v) is 24.4. The van der Waals surface area contributed by atoms with Gasteiger partial charge in [0, 0.05) is 0 Å². The van der Waals surface area contributed by atoms with E-state index in [0.29, 0.717) is 38.7 Å². The van der Waals surface area contributed by atoms with Crippen LogP contribution in [0.2, 0.25) is 0 Å². The molecule has 2 heterocycles. The lowest BCUT2D eigenvalue weighted by Gasteiger charge is -2.24. The molecule has 0 unspecified atom stereocenters. The summed E-state index contributed by atoms with van der Waals surface area (Å²) < 4.78 is 19.8. The van der Waals surface area contributed by atoms with Crippen LogP contribution in [-0.4, -0.2) is 30.9 Å². The second-order valence-electron chi connectivity index (χ2n) is 7.99. The van der Waals surface area contributed by atoms with Gasteiger partial charge < -0.3 is 14.2 Å². The van der Waals surface area contributed by atoms with Gasteiger partial charge in [-0.2, -0.15) is 0 Å². The summed E-state index contributed by atoms with van der Waals surface area (Å²) in [6.07, 6.45) is 3.46. The Kier molecular flexibility index (Phi) is 8.51. The van der Waals surface area contributed by atoms with E-state index in [1.54, 1.807) is 49.8 Å². The summed E-state index contributed by atoms with van der Waals surface area (Å²) in [6, 6.07) is 10.3. The quantitative estimate of drug-likeness (QED) is 0.257. The van der Waals surface area contributed by atoms with Gasteiger partial charge in [-0.3, -0.25) is 9.36 Å². The molecule has 192 valence electrons. The van der Waals surface area contributed by atoms with E-state index in [1.807, 2.05) is 24.3 Å². The standard InChI is InChI=1S/C27H24Br2N2O5S/c1-5-11-36-24-19(28)12-16(13-20(24)29)14-21-25(32)31-23(17-7-9-18(34-4)10-8-17)22(26(33)35-6-2)15(3)30-27(31)37-21/h5,7-10,12-14,23H,1,6,11H2,2-4H3/b21-14-/t23-/m1/s1. The van der Waals surface area contributed by atoms with Crippen LogP contribution in [0.3, 0.4) is 0 Å². The first kappa shape index (κ1) is 27.1. The number of carbonyl (C=O) groups is 1. The van der Waals surface area contributed by atoms with Crippen molar-refractivity contribution >= 4 is 55.2 Å². The third-order valence-corrected chi connectivity index (χ3v) is 7.77. The normalized spacial score (nSPS) is 15.2. The van der Waals surface area contributed by atoms with E-state index < -0.39 is 12.0 Å². The number of hydrogen-bond acceptors (Lipinski definition) is 7. The number of ether oxygens (including phenoxy) is 3. The van der Waals surface area contributed by atoms with Crippen molar-refractivity contribution < 1.29 is 19.0 Å². The first-order chi connectivity index (χ1) is 17.8. The van der Waals surface area contributed by atoms with E-state index >= 15 is 0 Å². The summed E-state index contributed by atoms with van der Waals surface area (Å²) in [6.45, 7) is 7.76. The van der Waals surface area contributed by atoms with Crippen molar-refractivity contribution in [1.82, 2.24) is 4.57 Å². The van der Waals surface area contributed by atoms with Crippen LogP contribution in [0.1, 0.15) is 31.0 Å². The minimum atomic E-state index is -0.684. The number of hydrogen-bond donors (Lipinski definition) is 0. The summed E-state index contributed by atoms with van der Waals surface area (Å²) in [5.41, 5.74) is 2.14. The summed E-state index contributed by atoms with van der Waals surface area (Å²) >= 11 is 8.34. The number of fused-ring (bicyclic) bond motifs is 1. The van der Waals surface area contributed by atoms with Crippen LogP contribution in [0.15, 0.2) is 79.1 Å². The highest BCUT2D eigenvalue weighted by Crippen LogP contribution is 2.35. The van der Waals surface area contributed by atoms with Crippen molar-refractivity contribution in [3.05, 3.63) is 100 Å². The molecule has 1 aliphatic heterocycles. The Balaban J connectivity index is 1.88. The van der Waals surface area contributed by atoms with Crippen LogP contribution in [0.5, 0.6) is 11.5 Å². The molecule has 7 nitrogen and oxygen atoms in total. The Morgan fingerprint density at radius 3 is 2.49 bits per heavy atom. The molecule has 0 spiro atoms. The minimum Gasteiger partial charge on any atom is -0.497 e. The summed E-state index contributed by atoms with van der Waals surface area (Å²) in [5.74, 6) is 0.820. The molecule has 1 atom stereocenters. The number of esters is 1. The maximum atomic E-state index is 13.8. The largest absolute Gasteiger partial charge is 0.497 e.